The van der Waals surface area contributed by atoms with E-state index in [0.29, 0.717) is 43.7 Å². The number of aliphatic hydroxyl groups is 1. The molecule has 2 unspecified atom stereocenters. The minimum atomic E-state index is -1.05. The second-order valence-corrected chi connectivity index (χ2v) is 10.1. The number of carbonyl (C=O) groups excluding carboxylic acids is 3. The predicted octanol–water partition coefficient (Wildman–Crippen LogP) is 2.09. The molecule has 3 saturated heterocycles. The van der Waals surface area contributed by atoms with E-state index >= 15 is 0 Å². The molecule has 192 valence electrons. The number of hydrogen-bond acceptors (Lipinski definition) is 6. The lowest BCUT2D eigenvalue weighted by molar-refractivity contribution is -0.146. The summed E-state index contributed by atoms with van der Waals surface area (Å²) in [6, 6.07) is 6.19. The van der Waals surface area contributed by atoms with Crippen LogP contribution in [0.4, 0.5) is 5.69 Å². The van der Waals surface area contributed by atoms with Gasteiger partial charge in [0.2, 0.25) is 17.7 Å². The molecule has 3 heterocycles. The minimum absolute atomic E-state index is 0.0959. The van der Waals surface area contributed by atoms with Crippen molar-refractivity contribution in [3.63, 3.8) is 0 Å². The highest BCUT2D eigenvalue weighted by Gasteiger charge is 2.78. The third kappa shape index (κ3) is 4.18. The first-order valence-electron chi connectivity index (χ1n) is 12.7. The van der Waals surface area contributed by atoms with Crippen molar-refractivity contribution >= 4 is 23.4 Å². The Morgan fingerprint density at radius 1 is 1.20 bits per heavy atom. The highest BCUT2D eigenvalue weighted by Crippen LogP contribution is 2.64. The summed E-state index contributed by atoms with van der Waals surface area (Å²) in [6.45, 7) is 8.30. The fraction of sp³-hybridized carbons (Fsp3) is 0.654. The maximum absolute atomic E-state index is 13.8. The van der Waals surface area contributed by atoms with Gasteiger partial charge < -0.3 is 30.1 Å². The molecule has 0 saturated carbocycles. The zero-order chi connectivity index (χ0) is 25.4. The second kappa shape index (κ2) is 9.78. The summed E-state index contributed by atoms with van der Waals surface area (Å²) >= 11 is 0. The quantitative estimate of drug-likeness (QED) is 0.465. The molecule has 4 rings (SSSR count). The standard InChI is InChI=1S/C26H37N3O6/c1-5-25-12-13-26(35-25)20(19(25)22(31)28-17-8-10-18(11-9-17)34-6-2)24(33)29(14-7-15-30)21(26)23(32)27-16(3)4/h8-11,16,19-21,30H,5-7,12-15H2,1-4H3,(H,27,32)(H,28,31)/t19-,20+,21?,25+,26?/m1/s1. The van der Waals surface area contributed by atoms with E-state index < -0.39 is 29.1 Å². The molecule has 1 spiro atoms. The van der Waals surface area contributed by atoms with Crippen LogP contribution in [0.15, 0.2) is 24.3 Å². The Morgan fingerprint density at radius 2 is 1.91 bits per heavy atom. The average Bonchev–Trinajstić information content (AvgIpc) is 3.42. The molecule has 5 atom stereocenters. The summed E-state index contributed by atoms with van der Waals surface area (Å²) in [5.74, 6) is -1.54. The van der Waals surface area contributed by atoms with Crippen LogP contribution in [-0.2, 0) is 19.1 Å². The van der Waals surface area contributed by atoms with Gasteiger partial charge in [0.25, 0.3) is 0 Å². The smallest absolute Gasteiger partial charge is 0.246 e. The molecule has 3 N–H and O–H groups in total. The maximum atomic E-state index is 13.8. The van der Waals surface area contributed by atoms with Gasteiger partial charge in [0.05, 0.1) is 24.0 Å². The number of hydrogen-bond donors (Lipinski definition) is 3. The van der Waals surface area contributed by atoms with Crippen LogP contribution < -0.4 is 15.4 Å². The zero-order valence-electron chi connectivity index (χ0n) is 21.0. The number of rotatable bonds is 10. The van der Waals surface area contributed by atoms with Crippen molar-refractivity contribution in [2.75, 3.05) is 25.1 Å². The summed E-state index contributed by atoms with van der Waals surface area (Å²) in [4.78, 5) is 42.4. The van der Waals surface area contributed by atoms with Gasteiger partial charge in [-0.3, -0.25) is 14.4 Å². The van der Waals surface area contributed by atoms with Gasteiger partial charge in [0.1, 0.15) is 17.4 Å². The van der Waals surface area contributed by atoms with Crippen molar-refractivity contribution in [2.24, 2.45) is 11.8 Å². The number of benzene rings is 1. The number of fused-ring (bicyclic) bond motifs is 1. The molecule has 3 aliphatic rings. The molecule has 3 fully saturated rings. The molecule has 3 aliphatic heterocycles. The number of aliphatic hydroxyl groups excluding tert-OH is 1. The lowest BCUT2D eigenvalue weighted by Crippen LogP contribution is -2.56. The Balaban J connectivity index is 1.67. The van der Waals surface area contributed by atoms with Gasteiger partial charge in [0, 0.05) is 24.9 Å². The first-order chi connectivity index (χ1) is 16.7. The van der Waals surface area contributed by atoms with Crippen LogP contribution in [0.3, 0.4) is 0 Å². The van der Waals surface area contributed by atoms with E-state index in [1.54, 1.807) is 24.3 Å². The summed E-state index contributed by atoms with van der Waals surface area (Å²) < 4.78 is 12.1. The monoisotopic (exact) mass is 487 g/mol. The van der Waals surface area contributed by atoms with Crippen LogP contribution >= 0.6 is 0 Å². The van der Waals surface area contributed by atoms with E-state index in [9.17, 15) is 19.5 Å². The third-order valence-electron chi connectivity index (χ3n) is 7.63. The number of carbonyl (C=O) groups is 3. The Hall–Kier alpha value is -2.65. The number of anilines is 1. The number of likely N-dealkylation sites (tertiary alicyclic amines) is 1. The molecule has 3 amide bonds. The van der Waals surface area contributed by atoms with E-state index in [2.05, 4.69) is 10.6 Å². The number of nitrogens with zero attached hydrogens (tertiary/aromatic N) is 1. The van der Waals surface area contributed by atoms with E-state index in [4.69, 9.17) is 9.47 Å². The number of nitrogens with one attached hydrogen (secondary N) is 2. The summed E-state index contributed by atoms with van der Waals surface area (Å²) in [5, 5.41) is 15.3. The molecular formula is C26H37N3O6. The van der Waals surface area contributed by atoms with Crippen molar-refractivity contribution in [3.8, 4) is 5.75 Å². The van der Waals surface area contributed by atoms with Gasteiger partial charge in [-0.25, -0.2) is 0 Å². The molecule has 9 heteroatoms. The van der Waals surface area contributed by atoms with Gasteiger partial charge in [-0.05, 0) is 70.7 Å². The Labute approximate surface area is 206 Å². The number of ether oxygens (including phenoxy) is 2. The van der Waals surface area contributed by atoms with Crippen LogP contribution in [0.25, 0.3) is 0 Å². The zero-order valence-corrected chi connectivity index (χ0v) is 21.0. The Bertz CT molecular complexity index is 966. The highest BCUT2D eigenvalue weighted by molar-refractivity contribution is 6.02. The van der Waals surface area contributed by atoms with Gasteiger partial charge in [-0.2, -0.15) is 0 Å². The molecular weight excluding hydrogens is 450 g/mol. The van der Waals surface area contributed by atoms with Gasteiger partial charge in [-0.1, -0.05) is 6.92 Å². The van der Waals surface area contributed by atoms with E-state index in [-0.39, 0.29) is 36.9 Å². The van der Waals surface area contributed by atoms with Crippen LogP contribution in [0.1, 0.15) is 53.4 Å². The highest BCUT2D eigenvalue weighted by atomic mass is 16.5. The molecule has 35 heavy (non-hydrogen) atoms. The molecule has 1 aromatic carbocycles. The molecule has 0 radical (unpaired) electrons. The second-order valence-electron chi connectivity index (χ2n) is 10.1. The fourth-order valence-electron chi connectivity index (χ4n) is 6.28. The average molecular weight is 488 g/mol. The summed E-state index contributed by atoms with van der Waals surface area (Å²) in [6.07, 6.45) is 2.06. The van der Waals surface area contributed by atoms with Crippen molar-refractivity contribution in [2.45, 2.75) is 76.7 Å². The van der Waals surface area contributed by atoms with Crippen molar-refractivity contribution in [1.82, 2.24) is 10.2 Å². The van der Waals surface area contributed by atoms with E-state index in [1.165, 1.54) is 4.90 Å². The van der Waals surface area contributed by atoms with Crippen molar-refractivity contribution < 1.29 is 29.0 Å². The maximum Gasteiger partial charge on any atom is 0.246 e. The fourth-order valence-corrected chi connectivity index (χ4v) is 6.28. The van der Waals surface area contributed by atoms with Gasteiger partial charge in [-0.15, -0.1) is 0 Å². The van der Waals surface area contributed by atoms with Crippen molar-refractivity contribution in [1.29, 1.82) is 0 Å². The summed E-state index contributed by atoms with van der Waals surface area (Å²) in [5.41, 5.74) is -1.24. The molecule has 0 aromatic heterocycles. The SMILES string of the molecule is CCOc1ccc(NC(=O)[C@H]2[C@H]3C(=O)N(CCCO)C(C(=O)NC(C)C)C34CC[C@]2(CC)O4)cc1. The predicted molar refractivity (Wildman–Crippen MR) is 130 cm³/mol. The summed E-state index contributed by atoms with van der Waals surface area (Å²) in [7, 11) is 0. The van der Waals surface area contributed by atoms with Crippen LogP contribution in [0.5, 0.6) is 5.75 Å². The molecule has 9 nitrogen and oxygen atoms in total. The minimum Gasteiger partial charge on any atom is -0.494 e. The third-order valence-corrected chi connectivity index (χ3v) is 7.63. The van der Waals surface area contributed by atoms with E-state index in [1.807, 2.05) is 27.7 Å². The lowest BCUT2D eigenvalue weighted by Gasteiger charge is -2.34. The topological polar surface area (TPSA) is 117 Å². The Kier molecular flexibility index (Phi) is 7.11. The molecule has 1 aromatic rings. The van der Waals surface area contributed by atoms with E-state index in [0.717, 1.165) is 0 Å². The first-order valence-corrected chi connectivity index (χ1v) is 12.7. The van der Waals surface area contributed by atoms with Crippen LogP contribution in [0.2, 0.25) is 0 Å². The largest absolute Gasteiger partial charge is 0.494 e. The molecule has 0 aliphatic carbocycles. The normalized spacial score (nSPS) is 31.1. The van der Waals surface area contributed by atoms with Crippen LogP contribution in [0, 0.1) is 11.8 Å². The lowest BCUT2D eigenvalue weighted by atomic mass is 9.65. The number of amides is 3. The Morgan fingerprint density at radius 3 is 2.51 bits per heavy atom. The van der Waals surface area contributed by atoms with Crippen LogP contribution in [-0.4, -0.2) is 70.8 Å². The molecule has 2 bridgehead atoms. The van der Waals surface area contributed by atoms with Gasteiger partial charge >= 0.3 is 0 Å². The van der Waals surface area contributed by atoms with Crippen molar-refractivity contribution in [3.05, 3.63) is 24.3 Å². The van der Waals surface area contributed by atoms with Gasteiger partial charge in [0.15, 0.2) is 0 Å². The first kappa shape index (κ1) is 25.4.